The zero-order chi connectivity index (χ0) is 11.3. The number of hydrogen-bond acceptors (Lipinski definition) is 4. The molecule has 15 heavy (non-hydrogen) atoms. The van der Waals surface area contributed by atoms with Crippen molar-refractivity contribution in [2.24, 2.45) is 5.84 Å². The van der Waals surface area contributed by atoms with Crippen LogP contribution in [0.1, 0.15) is 25.5 Å². The largest absolute Gasteiger partial charge is 0.398 e. The van der Waals surface area contributed by atoms with Crippen LogP contribution in [0.15, 0.2) is 24.3 Å². The maximum Gasteiger partial charge on any atom is 0.0713 e. The Morgan fingerprint density at radius 2 is 2.00 bits per heavy atom. The maximum absolute atomic E-state index is 5.85. The van der Waals surface area contributed by atoms with Gasteiger partial charge in [0.05, 0.1) is 18.8 Å². The summed E-state index contributed by atoms with van der Waals surface area (Å²) in [6.07, 6.45) is 0.186. The van der Waals surface area contributed by atoms with E-state index in [-0.39, 0.29) is 12.1 Å². The number of hydrogen-bond donors (Lipinski definition) is 3. The van der Waals surface area contributed by atoms with Crippen molar-refractivity contribution in [3.8, 4) is 0 Å². The van der Waals surface area contributed by atoms with E-state index in [0.717, 1.165) is 11.3 Å². The van der Waals surface area contributed by atoms with E-state index in [0.29, 0.717) is 6.61 Å². The van der Waals surface area contributed by atoms with E-state index >= 15 is 0 Å². The van der Waals surface area contributed by atoms with Gasteiger partial charge >= 0.3 is 0 Å². The highest BCUT2D eigenvalue weighted by Gasteiger charge is 2.12. The van der Waals surface area contributed by atoms with Gasteiger partial charge in [0.2, 0.25) is 0 Å². The van der Waals surface area contributed by atoms with Gasteiger partial charge in [-0.05, 0) is 25.5 Å². The van der Waals surface area contributed by atoms with E-state index in [1.54, 1.807) is 0 Å². The molecule has 4 nitrogen and oxygen atoms in total. The lowest BCUT2D eigenvalue weighted by atomic mass is 10.1. The van der Waals surface area contributed by atoms with E-state index in [1.165, 1.54) is 0 Å². The molecule has 1 aromatic carbocycles. The Bertz CT molecular complexity index is 302. The Morgan fingerprint density at radius 1 is 1.33 bits per heavy atom. The monoisotopic (exact) mass is 209 g/mol. The highest BCUT2D eigenvalue weighted by atomic mass is 16.5. The second kappa shape index (κ2) is 5.70. The summed E-state index contributed by atoms with van der Waals surface area (Å²) in [5.41, 5.74) is 10.3. The first kappa shape index (κ1) is 12.0. The molecule has 0 spiro atoms. The fourth-order valence-corrected chi connectivity index (χ4v) is 1.34. The molecule has 84 valence electrons. The molecule has 1 aromatic rings. The fourth-order valence-electron chi connectivity index (χ4n) is 1.34. The van der Waals surface area contributed by atoms with E-state index in [4.69, 9.17) is 16.3 Å². The summed E-state index contributed by atoms with van der Waals surface area (Å²) in [4.78, 5) is 0. The second-order valence-corrected chi connectivity index (χ2v) is 3.73. The van der Waals surface area contributed by atoms with Crippen molar-refractivity contribution in [2.45, 2.75) is 26.0 Å². The van der Waals surface area contributed by atoms with Gasteiger partial charge in [0.15, 0.2) is 0 Å². The van der Waals surface area contributed by atoms with E-state index in [9.17, 15) is 0 Å². The number of nitrogens with two attached hydrogens (primary N) is 2. The van der Waals surface area contributed by atoms with E-state index in [2.05, 4.69) is 5.43 Å². The van der Waals surface area contributed by atoms with Crippen molar-refractivity contribution >= 4 is 5.69 Å². The molecular weight excluding hydrogens is 190 g/mol. The van der Waals surface area contributed by atoms with Gasteiger partial charge < -0.3 is 10.5 Å². The van der Waals surface area contributed by atoms with Crippen LogP contribution in [0.25, 0.3) is 0 Å². The molecule has 1 unspecified atom stereocenters. The third-order valence-corrected chi connectivity index (χ3v) is 2.17. The Kier molecular flexibility index (Phi) is 4.55. The topological polar surface area (TPSA) is 73.3 Å². The molecule has 0 saturated carbocycles. The van der Waals surface area contributed by atoms with Crippen LogP contribution in [-0.4, -0.2) is 12.7 Å². The Labute approximate surface area is 90.6 Å². The smallest absolute Gasteiger partial charge is 0.0713 e. The minimum atomic E-state index is -0.0615. The molecule has 0 bridgehead atoms. The van der Waals surface area contributed by atoms with Crippen LogP contribution >= 0.6 is 0 Å². The van der Waals surface area contributed by atoms with Crippen molar-refractivity contribution in [3.05, 3.63) is 29.8 Å². The fraction of sp³-hybridized carbons (Fsp3) is 0.455. The lowest BCUT2D eigenvalue weighted by molar-refractivity contribution is 0.0613. The lowest BCUT2D eigenvalue weighted by Crippen LogP contribution is -2.32. The summed E-state index contributed by atoms with van der Waals surface area (Å²) in [5, 5.41) is 0. The van der Waals surface area contributed by atoms with Crippen molar-refractivity contribution in [3.63, 3.8) is 0 Å². The zero-order valence-electron chi connectivity index (χ0n) is 9.23. The van der Waals surface area contributed by atoms with Crippen molar-refractivity contribution in [1.82, 2.24) is 5.43 Å². The van der Waals surface area contributed by atoms with Crippen molar-refractivity contribution in [1.29, 1.82) is 0 Å². The normalized spacial score (nSPS) is 13.1. The molecule has 0 radical (unpaired) electrons. The minimum Gasteiger partial charge on any atom is -0.398 e. The standard InChI is InChI=1S/C11H19N3O/c1-8(2)15-7-11(14-13)9-5-3-4-6-10(9)12/h3-6,8,11,14H,7,12-13H2,1-2H3. The molecule has 0 heterocycles. The van der Waals surface area contributed by atoms with Gasteiger partial charge in [-0.3, -0.25) is 11.3 Å². The van der Waals surface area contributed by atoms with E-state index in [1.807, 2.05) is 38.1 Å². The van der Waals surface area contributed by atoms with Crippen LogP contribution < -0.4 is 17.0 Å². The number of anilines is 1. The summed E-state index contributed by atoms with van der Waals surface area (Å²) in [7, 11) is 0. The number of nitrogen functional groups attached to an aromatic ring is 1. The quantitative estimate of drug-likeness (QED) is 0.387. The number of ether oxygens (including phenoxy) is 1. The van der Waals surface area contributed by atoms with Gasteiger partial charge in [0.1, 0.15) is 0 Å². The van der Waals surface area contributed by atoms with Crippen molar-refractivity contribution in [2.75, 3.05) is 12.3 Å². The summed E-state index contributed by atoms with van der Waals surface area (Å²) in [6.45, 7) is 4.49. The van der Waals surface area contributed by atoms with Crippen LogP contribution in [0.2, 0.25) is 0 Å². The van der Waals surface area contributed by atoms with Crippen LogP contribution in [0.3, 0.4) is 0 Å². The van der Waals surface area contributed by atoms with Crippen molar-refractivity contribution < 1.29 is 4.74 Å². The van der Waals surface area contributed by atoms with Crippen LogP contribution in [0.5, 0.6) is 0 Å². The van der Waals surface area contributed by atoms with Gasteiger partial charge in [-0.2, -0.15) is 0 Å². The summed E-state index contributed by atoms with van der Waals surface area (Å²) < 4.78 is 5.51. The lowest BCUT2D eigenvalue weighted by Gasteiger charge is -2.19. The first-order valence-corrected chi connectivity index (χ1v) is 5.07. The zero-order valence-corrected chi connectivity index (χ0v) is 9.23. The predicted molar refractivity (Wildman–Crippen MR) is 62.0 cm³/mol. The van der Waals surface area contributed by atoms with Crippen LogP contribution in [0.4, 0.5) is 5.69 Å². The Hall–Kier alpha value is -1.10. The predicted octanol–water partition coefficient (Wildman–Crippen LogP) is 1.20. The molecule has 5 N–H and O–H groups in total. The number of para-hydroxylation sites is 1. The van der Waals surface area contributed by atoms with Gasteiger partial charge in [-0.15, -0.1) is 0 Å². The first-order valence-electron chi connectivity index (χ1n) is 5.07. The molecule has 0 aliphatic rings. The van der Waals surface area contributed by atoms with Crippen LogP contribution in [-0.2, 0) is 4.74 Å². The molecule has 1 atom stereocenters. The number of benzene rings is 1. The molecular formula is C11H19N3O. The number of rotatable bonds is 5. The molecule has 1 rings (SSSR count). The highest BCUT2D eigenvalue weighted by molar-refractivity contribution is 5.48. The van der Waals surface area contributed by atoms with Gasteiger partial charge in [-0.1, -0.05) is 18.2 Å². The molecule has 0 saturated heterocycles. The summed E-state index contributed by atoms with van der Waals surface area (Å²) >= 11 is 0. The summed E-state index contributed by atoms with van der Waals surface area (Å²) in [5.74, 6) is 5.47. The van der Waals surface area contributed by atoms with E-state index < -0.39 is 0 Å². The average molecular weight is 209 g/mol. The first-order chi connectivity index (χ1) is 7.15. The third kappa shape index (κ3) is 3.51. The molecule has 0 fully saturated rings. The maximum atomic E-state index is 5.85. The Balaban J connectivity index is 2.70. The average Bonchev–Trinajstić information content (AvgIpc) is 2.21. The number of nitrogens with one attached hydrogen (secondary N) is 1. The SMILES string of the molecule is CC(C)OCC(NN)c1ccccc1N. The molecule has 4 heteroatoms. The highest BCUT2D eigenvalue weighted by Crippen LogP contribution is 2.19. The van der Waals surface area contributed by atoms with Gasteiger partial charge in [0.25, 0.3) is 0 Å². The molecule has 0 aliphatic carbocycles. The number of hydrazine groups is 1. The molecule has 0 aliphatic heterocycles. The molecule has 0 aromatic heterocycles. The minimum absolute atomic E-state index is 0.0615. The second-order valence-electron chi connectivity index (χ2n) is 3.73. The van der Waals surface area contributed by atoms with Gasteiger partial charge in [-0.25, -0.2) is 0 Å². The van der Waals surface area contributed by atoms with Gasteiger partial charge in [0, 0.05) is 5.69 Å². The Morgan fingerprint density at radius 3 is 2.53 bits per heavy atom. The summed E-state index contributed by atoms with van der Waals surface area (Å²) in [6, 6.07) is 7.58. The third-order valence-electron chi connectivity index (χ3n) is 2.17. The molecule has 0 amide bonds. The van der Waals surface area contributed by atoms with Crippen LogP contribution in [0, 0.1) is 0 Å².